The SMILES string of the molecule is COc1ccc2nnc3c(C)nc(-c4cccnc4OC)n3c2n1. The highest BCUT2D eigenvalue weighted by Crippen LogP contribution is 2.30. The molecule has 4 aromatic heterocycles. The van der Waals surface area contributed by atoms with Crippen molar-refractivity contribution in [2.45, 2.75) is 6.92 Å². The highest BCUT2D eigenvalue weighted by molar-refractivity contribution is 5.78. The summed E-state index contributed by atoms with van der Waals surface area (Å²) in [6.07, 6.45) is 1.67. The third-order valence-electron chi connectivity index (χ3n) is 3.73. The van der Waals surface area contributed by atoms with Crippen LogP contribution in [0.3, 0.4) is 0 Å². The maximum atomic E-state index is 5.37. The first-order chi connectivity index (χ1) is 11.7. The number of aromatic nitrogens is 6. The van der Waals surface area contributed by atoms with Crippen LogP contribution in [0.1, 0.15) is 5.69 Å². The van der Waals surface area contributed by atoms with Crippen molar-refractivity contribution in [2.75, 3.05) is 14.2 Å². The number of rotatable bonds is 3. The molecular formula is C16H14N6O2. The topological polar surface area (TPSA) is 87.3 Å². The molecule has 0 atom stereocenters. The van der Waals surface area contributed by atoms with Gasteiger partial charge < -0.3 is 9.47 Å². The van der Waals surface area contributed by atoms with Crippen LogP contribution in [-0.2, 0) is 0 Å². The second-order valence-corrected chi connectivity index (χ2v) is 5.14. The standard InChI is InChI=1S/C16H14N6O2/c1-9-13-21-20-11-6-7-12(23-2)19-15(11)22(13)14(18-9)10-5-4-8-17-16(10)24-3/h4-8H,1-3H3. The zero-order valence-electron chi connectivity index (χ0n) is 13.4. The van der Waals surface area contributed by atoms with E-state index in [1.807, 2.05) is 29.5 Å². The van der Waals surface area contributed by atoms with Gasteiger partial charge >= 0.3 is 0 Å². The van der Waals surface area contributed by atoms with Gasteiger partial charge in [0.15, 0.2) is 17.1 Å². The van der Waals surface area contributed by atoms with E-state index in [1.165, 1.54) is 0 Å². The van der Waals surface area contributed by atoms with E-state index in [0.29, 0.717) is 34.4 Å². The molecule has 0 aliphatic rings. The zero-order chi connectivity index (χ0) is 16.7. The molecule has 0 radical (unpaired) electrons. The molecule has 0 bridgehead atoms. The maximum absolute atomic E-state index is 5.37. The van der Waals surface area contributed by atoms with Gasteiger partial charge in [0.1, 0.15) is 5.52 Å². The Morgan fingerprint density at radius 3 is 2.62 bits per heavy atom. The molecule has 8 heteroatoms. The predicted molar refractivity (Wildman–Crippen MR) is 87.2 cm³/mol. The van der Waals surface area contributed by atoms with Gasteiger partial charge in [-0.1, -0.05) is 0 Å². The van der Waals surface area contributed by atoms with E-state index >= 15 is 0 Å². The molecule has 0 fully saturated rings. The van der Waals surface area contributed by atoms with E-state index in [1.54, 1.807) is 26.5 Å². The zero-order valence-corrected chi connectivity index (χ0v) is 13.4. The van der Waals surface area contributed by atoms with Crippen molar-refractivity contribution < 1.29 is 9.47 Å². The molecule has 4 rings (SSSR count). The fraction of sp³-hybridized carbons (Fsp3) is 0.188. The van der Waals surface area contributed by atoms with E-state index in [9.17, 15) is 0 Å². The van der Waals surface area contributed by atoms with Gasteiger partial charge in [0.2, 0.25) is 11.8 Å². The number of aryl methyl sites for hydroxylation is 1. The minimum atomic E-state index is 0.484. The molecule has 0 amide bonds. The Morgan fingerprint density at radius 2 is 1.83 bits per heavy atom. The Labute approximate surface area is 137 Å². The molecule has 120 valence electrons. The number of imidazole rings is 1. The van der Waals surface area contributed by atoms with Crippen LogP contribution in [0.4, 0.5) is 0 Å². The predicted octanol–water partition coefficient (Wildman–Crippen LogP) is 2.06. The fourth-order valence-electron chi connectivity index (χ4n) is 2.62. The van der Waals surface area contributed by atoms with E-state index in [2.05, 4.69) is 25.1 Å². The van der Waals surface area contributed by atoms with Gasteiger partial charge in [0, 0.05) is 12.3 Å². The summed E-state index contributed by atoms with van der Waals surface area (Å²) < 4.78 is 12.5. The molecule has 24 heavy (non-hydrogen) atoms. The molecule has 0 N–H and O–H groups in total. The minimum absolute atomic E-state index is 0.484. The molecule has 4 aromatic rings. The average molecular weight is 322 g/mol. The Hall–Kier alpha value is -3.29. The molecule has 0 spiro atoms. The maximum Gasteiger partial charge on any atom is 0.224 e. The lowest BCUT2D eigenvalue weighted by atomic mass is 10.2. The third-order valence-corrected chi connectivity index (χ3v) is 3.73. The molecule has 0 unspecified atom stereocenters. The number of ether oxygens (including phenoxy) is 2. The van der Waals surface area contributed by atoms with Gasteiger partial charge in [0.05, 0.1) is 25.5 Å². The normalized spacial score (nSPS) is 11.1. The summed E-state index contributed by atoms with van der Waals surface area (Å²) in [5, 5.41) is 8.49. The second kappa shape index (κ2) is 5.41. The first-order valence-electron chi connectivity index (χ1n) is 7.29. The number of fused-ring (bicyclic) bond motifs is 3. The number of methoxy groups -OCH3 is 2. The molecule has 0 saturated heterocycles. The van der Waals surface area contributed by atoms with Crippen LogP contribution >= 0.6 is 0 Å². The Balaban J connectivity index is 2.14. The lowest BCUT2D eigenvalue weighted by Crippen LogP contribution is -2.01. The van der Waals surface area contributed by atoms with Crippen molar-refractivity contribution in [3.63, 3.8) is 0 Å². The Morgan fingerprint density at radius 1 is 0.958 bits per heavy atom. The van der Waals surface area contributed by atoms with Crippen LogP contribution in [0.5, 0.6) is 11.8 Å². The molecule has 0 aromatic carbocycles. The molecule has 0 saturated carbocycles. The summed E-state index contributed by atoms with van der Waals surface area (Å²) in [6, 6.07) is 7.29. The number of hydrogen-bond acceptors (Lipinski definition) is 7. The highest BCUT2D eigenvalue weighted by Gasteiger charge is 2.19. The van der Waals surface area contributed by atoms with Gasteiger partial charge in [-0.05, 0) is 25.1 Å². The van der Waals surface area contributed by atoms with Crippen LogP contribution in [0.2, 0.25) is 0 Å². The molecule has 0 aliphatic carbocycles. The average Bonchev–Trinajstić information content (AvgIpc) is 2.98. The van der Waals surface area contributed by atoms with Gasteiger partial charge in [0.25, 0.3) is 0 Å². The van der Waals surface area contributed by atoms with Crippen LogP contribution in [-0.4, -0.2) is 43.8 Å². The van der Waals surface area contributed by atoms with Gasteiger partial charge in [-0.2, -0.15) is 4.98 Å². The summed E-state index contributed by atoms with van der Waals surface area (Å²) in [5.74, 6) is 1.62. The van der Waals surface area contributed by atoms with E-state index in [4.69, 9.17) is 9.47 Å². The fourth-order valence-corrected chi connectivity index (χ4v) is 2.62. The smallest absolute Gasteiger partial charge is 0.224 e. The quantitative estimate of drug-likeness (QED) is 0.570. The van der Waals surface area contributed by atoms with Gasteiger partial charge in [-0.25, -0.2) is 9.97 Å². The minimum Gasteiger partial charge on any atom is -0.481 e. The highest BCUT2D eigenvalue weighted by atomic mass is 16.5. The van der Waals surface area contributed by atoms with Crippen molar-refractivity contribution in [2.24, 2.45) is 0 Å². The second-order valence-electron chi connectivity index (χ2n) is 5.14. The first-order valence-corrected chi connectivity index (χ1v) is 7.29. The van der Waals surface area contributed by atoms with Crippen LogP contribution in [0.15, 0.2) is 30.5 Å². The van der Waals surface area contributed by atoms with E-state index in [0.717, 1.165) is 11.3 Å². The van der Waals surface area contributed by atoms with Gasteiger partial charge in [-0.15, -0.1) is 10.2 Å². The van der Waals surface area contributed by atoms with Gasteiger partial charge in [-0.3, -0.25) is 4.40 Å². The molecule has 8 nitrogen and oxygen atoms in total. The number of pyridine rings is 2. The van der Waals surface area contributed by atoms with E-state index in [-0.39, 0.29) is 0 Å². The number of nitrogens with zero attached hydrogens (tertiary/aromatic N) is 6. The first kappa shape index (κ1) is 14.3. The van der Waals surface area contributed by atoms with Crippen molar-refractivity contribution >= 4 is 16.8 Å². The molecule has 4 heterocycles. The third kappa shape index (κ3) is 2.03. The lowest BCUT2D eigenvalue weighted by molar-refractivity contribution is 0.399. The van der Waals surface area contributed by atoms with Crippen LogP contribution in [0.25, 0.3) is 28.2 Å². The Bertz CT molecular complexity index is 1060. The van der Waals surface area contributed by atoms with Crippen LogP contribution in [0, 0.1) is 6.92 Å². The summed E-state index contributed by atoms with van der Waals surface area (Å²) in [5.41, 5.74) is 3.38. The van der Waals surface area contributed by atoms with Crippen LogP contribution < -0.4 is 9.47 Å². The molecular weight excluding hydrogens is 308 g/mol. The number of hydrogen-bond donors (Lipinski definition) is 0. The lowest BCUT2D eigenvalue weighted by Gasteiger charge is -2.08. The monoisotopic (exact) mass is 322 g/mol. The van der Waals surface area contributed by atoms with Crippen molar-refractivity contribution in [3.8, 4) is 23.1 Å². The largest absolute Gasteiger partial charge is 0.481 e. The van der Waals surface area contributed by atoms with E-state index < -0.39 is 0 Å². The Kier molecular flexibility index (Phi) is 3.23. The van der Waals surface area contributed by atoms with Crippen molar-refractivity contribution in [1.82, 2.24) is 29.5 Å². The summed E-state index contributed by atoms with van der Waals surface area (Å²) in [4.78, 5) is 13.4. The molecule has 0 aliphatic heterocycles. The van der Waals surface area contributed by atoms with Crippen molar-refractivity contribution in [1.29, 1.82) is 0 Å². The van der Waals surface area contributed by atoms with Crippen molar-refractivity contribution in [3.05, 3.63) is 36.2 Å². The summed E-state index contributed by atoms with van der Waals surface area (Å²) in [7, 11) is 3.15. The summed E-state index contributed by atoms with van der Waals surface area (Å²) in [6.45, 7) is 1.88. The summed E-state index contributed by atoms with van der Waals surface area (Å²) >= 11 is 0.